The predicted molar refractivity (Wildman–Crippen MR) is 102 cm³/mol. The lowest BCUT2D eigenvalue weighted by molar-refractivity contribution is -0.113. The number of aromatic nitrogens is 3. The first kappa shape index (κ1) is 18.0. The van der Waals surface area contributed by atoms with Crippen LogP contribution in [0.25, 0.3) is 0 Å². The maximum Gasteiger partial charge on any atom is 0.234 e. The normalized spacial score (nSPS) is 14.8. The molecule has 0 unspecified atom stereocenters. The van der Waals surface area contributed by atoms with Crippen LogP contribution < -0.4 is 5.32 Å². The van der Waals surface area contributed by atoms with Crippen LogP contribution in [0.5, 0.6) is 0 Å². The maximum absolute atomic E-state index is 12.2. The van der Waals surface area contributed by atoms with Crippen LogP contribution >= 0.6 is 11.8 Å². The van der Waals surface area contributed by atoms with Crippen molar-refractivity contribution in [3.8, 4) is 0 Å². The number of carbonyl (C=O) groups excluding carboxylic acids is 1. The standard InChI is InChI=1S/C19H26N4OS/c1-13-7-8-14(2)16(11-13)20-18(24)12-25-19-21-17(22-23-19)10-9-15-5-3-4-6-15/h7-8,11,15H,3-6,9-10,12H2,1-2H3,(H,20,24)(H,21,22,23). The van der Waals surface area contributed by atoms with Gasteiger partial charge in [0.15, 0.2) is 0 Å². The van der Waals surface area contributed by atoms with Crippen LogP contribution in [0.3, 0.4) is 0 Å². The van der Waals surface area contributed by atoms with E-state index >= 15 is 0 Å². The van der Waals surface area contributed by atoms with E-state index in [4.69, 9.17) is 0 Å². The van der Waals surface area contributed by atoms with E-state index in [9.17, 15) is 4.79 Å². The highest BCUT2D eigenvalue weighted by Crippen LogP contribution is 2.28. The van der Waals surface area contributed by atoms with Crippen molar-refractivity contribution < 1.29 is 4.79 Å². The Morgan fingerprint density at radius 2 is 2.12 bits per heavy atom. The summed E-state index contributed by atoms with van der Waals surface area (Å²) in [4.78, 5) is 16.7. The first-order valence-corrected chi connectivity index (χ1v) is 10.00. The molecule has 1 aliphatic rings. The number of aryl methyl sites for hydroxylation is 3. The van der Waals surface area contributed by atoms with Gasteiger partial charge in [0.25, 0.3) is 0 Å². The molecular weight excluding hydrogens is 332 g/mol. The molecule has 1 aromatic heterocycles. The molecule has 0 atom stereocenters. The largest absolute Gasteiger partial charge is 0.325 e. The second-order valence-electron chi connectivity index (χ2n) is 6.91. The third-order valence-electron chi connectivity index (χ3n) is 4.77. The van der Waals surface area contributed by atoms with Crippen molar-refractivity contribution in [2.75, 3.05) is 11.1 Å². The Morgan fingerprint density at radius 1 is 1.32 bits per heavy atom. The van der Waals surface area contributed by atoms with E-state index in [0.717, 1.165) is 35.0 Å². The number of rotatable bonds is 7. The highest BCUT2D eigenvalue weighted by molar-refractivity contribution is 7.99. The van der Waals surface area contributed by atoms with E-state index in [0.29, 0.717) is 10.9 Å². The molecule has 3 rings (SSSR count). The zero-order valence-electron chi connectivity index (χ0n) is 15.0. The van der Waals surface area contributed by atoms with E-state index in [1.165, 1.54) is 43.9 Å². The predicted octanol–water partition coefficient (Wildman–Crippen LogP) is 4.28. The van der Waals surface area contributed by atoms with E-state index in [-0.39, 0.29) is 5.91 Å². The van der Waals surface area contributed by atoms with E-state index < -0.39 is 0 Å². The van der Waals surface area contributed by atoms with Gasteiger partial charge >= 0.3 is 0 Å². The van der Waals surface area contributed by atoms with Crippen molar-refractivity contribution in [1.82, 2.24) is 15.2 Å². The van der Waals surface area contributed by atoms with Crippen LogP contribution in [-0.2, 0) is 11.2 Å². The summed E-state index contributed by atoms with van der Waals surface area (Å²) < 4.78 is 0. The van der Waals surface area contributed by atoms with E-state index in [1.54, 1.807) is 0 Å². The lowest BCUT2D eigenvalue weighted by atomic mass is 10.0. The van der Waals surface area contributed by atoms with Gasteiger partial charge in [-0.2, -0.15) is 0 Å². The number of aromatic amines is 1. The number of carbonyl (C=O) groups is 1. The molecule has 1 saturated carbocycles. The summed E-state index contributed by atoms with van der Waals surface area (Å²) in [5, 5.41) is 10.8. The Hall–Kier alpha value is -1.82. The molecular formula is C19H26N4OS. The minimum Gasteiger partial charge on any atom is -0.325 e. The van der Waals surface area contributed by atoms with Crippen LogP contribution in [0.15, 0.2) is 23.4 Å². The highest BCUT2D eigenvalue weighted by atomic mass is 32.2. The third kappa shape index (κ3) is 5.33. The second kappa shape index (κ2) is 8.52. The van der Waals surface area contributed by atoms with Crippen LogP contribution in [0.2, 0.25) is 0 Å². The minimum atomic E-state index is -0.0315. The summed E-state index contributed by atoms with van der Waals surface area (Å²) in [7, 11) is 0. The molecule has 2 N–H and O–H groups in total. The first-order chi connectivity index (χ1) is 12.1. The SMILES string of the molecule is Cc1ccc(C)c(NC(=O)CSc2n[nH]c(CCC3CCCC3)n2)c1. The Balaban J connectivity index is 1.45. The molecule has 5 nitrogen and oxygen atoms in total. The van der Waals surface area contributed by atoms with Crippen molar-refractivity contribution in [3.63, 3.8) is 0 Å². The van der Waals surface area contributed by atoms with E-state index in [1.807, 2.05) is 32.0 Å². The van der Waals surface area contributed by atoms with Gasteiger partial charge in [0, 0.05) is 12.1 Å². The Labute approximate surface area is 153 Å². The van der Waals surface area contributed by atoms with Crippen LogP contribution in [-0.4, -0.2) is 26.8 Å². The fourth-order valence-electron chi connectivity index (χ4n) is 3.28. The zero-order chi connectivity index (χ0) is 17.6. The Kier molecular flexibility index (Phi) is 6.13. The minimum absolute atomic E-state index is 0.0315. The molecule has 1 aromatic carbocycles. The number of hydrogen-bond donors (Lipinski definition) is 2. The zero-order valence-corrected chi connectivity index (χ0v) is 15.8. The van der Waals surface area contributed by atoms with Gasteiger partial charge in [-0.1, -0.05) is 49.6 Å². The molecule has 0 radical (unpaired) electrons. The van der Waals surface area contributed by atoms with Gasteiger partial charge < -0.3 is 5.32 Å². The van der Waals surface area contributed by atoms with E-state index in [2.05, 4.69) is 20.5 Å². The molecule has 0 aliphatic heterocycles. The lowest BCUT2D eigenvalue weighted by Gasteiger charge is -2.08. The van der Waals surface area contributed by atoms with Crippen molar-refractivity contribution in [3.05, 3.63) is 35.2 Å². The van der Waals surface area contributed by atoms with Gasteiger partial charge in [-0.3, -0.25) is 9.89 Å². The summed E-state index contributed by atoms with van der Waals surface area (Å²) >= 11 is 1.37. The molecule has 1 fully saturated rings. The molecule has 0 saturated heterocycles. The number of H-pyrrole nitrogens is 1. The summed E-state index contributed by atoms with van der Waals surface area (Å²) in [5.74, 6) is 2.07. The monoisotopic (exact) mass is 358 g/mol. The molecule has 1 aliphatic carbocycles. The van der Waals surface area contributed by atoms with Crippen molar-refractivity contribution in [1.29, 1.82) is 0 Å². The summed E-state index contributed by atoms with van der Waals surface area (Å²) in [6.45, 7) is 4.01. The topological polar surface area (TPSA) is 70.7 Å². The molecule has 6 heteroatoms. The average molecular weight is 359 g/mol. The molecule has 134 valence electrons. The smallest absolute Gasteiger partial charge is 0.234 e. The molecule has 25 heavy (non-hydrogen) atoms. The van der Waals surface area contributed by atoms with Gasteiger partial charge in [0.1, 0.15) is 5.82 Å². The summed E-state index contributed by atoms with van der Waals surface area (Å²) in [6.07, 6.45) is 7.59. The molecule has 1 heterocycles. The maximum atomic E-state index is 12.2. The van der Waals surface area contributed by atoms with Crippen molar-refractivity contribution >= 4 is 23.4 Å². The number of hydrogen-bond acceptors (Lipinski definition) is 4. The van der Waals surface area contributed by atoms with Crippen molar-refractivity contribution in [2.45, 2.75) is 57.5 Å². The number of thioether (sulfide) groups is 1. The molecule has 0 bridgehead atoms. The van der Waals surface area contributed by atoms with Crippen LogP contribution in [0.1, 0.15) is 49.1 Å². The Morgan fingerprint density at radius 3 is 2.92 bits per heavy atom. The van der Waals surface area contributed by atoms with Gasteiger partial charge in [0.05, 0.1) is 5.75 Å². The van der Waals surface area contributed by atoms with Gasteiger partial charge in [-0.25, -0.2) is 4.98 Å². The number of benzene rings is 1. The number of nitrogens with zero attached hydrogens (tertiary/aromatic N) is 2. The number of anilines is 1. The molecule has 1 amide bonds. The summed E-state index contributed by atoms with van der Waals surface area (Å²) in [5.41, 5.74) is 3.07. The second-order valence-corrected chi connectivity index (χ2v) is 7.85. The third-order valence-corrected chi connectivity index (χ3v) is 5.62. The first-order valence-electron chi connectivity index (χ1n) is 9.01. The Bertz CT molecular complexity index is 722. The molecule has 0 spiro atoms. The van der Waals surface area contributed by atoms with Crippen LogP contribution in [0, 0.1) is 19.8 Å². The fraction of sp³-hybridized carbons (Fsp3) is 0.526. The quantitative estimate of drug-likeness (QED) is 0.725. The summed E-state index contributed by atoms with van der Waals surface area (Å²) in [6, 6.07) is 6.05. The average Bonchev–Trinajstić information content (AvgIpc) is 3.26. The highest BCUT2D eigenvalue weighted by Gasteiger charge is 2.16. The number of amides is 1. The van der Waals surface area contributed by atoms with Gasteiger partial charge in [-0.15, -0.1) is 5.10 Å². The fourth-order valence-corrected chi connectivity index (χ4v) is 3.90. The lowest BCUT2D eigenvalue weighted by Crippen LogP contribution is -2.15. The number of nitrogens with one attached hydrogen (secondary N) is 2. The molecule has 2 aromatic rings. The van der Waals surface area contributed by atoms with Crippen molar-refractivity contribution in [2.24, 2.45) is 5.92 Å². The van der Waals surface area contributed by atoms with Gasteiger partial charge in [0.2, 0.25) is 11.1 Å². The van der Waals surface area contributed by atoms with Crippen LogP contribution in [0.4, 0.5) is 5.69 Å². The van der Waals surface area contributed by atoms with Gasteiger partial charge in [-0.05, 0) is 43.4 Å².